The van der Waals surface area contributed by atoms with Crippen LogP contribution in [0.1, 0.15) is 6.92 Å². The van der Waals surface area contributed by atoms with E-state index in [9.17, 15) is 4.79 Å². The maximum Gasteiger partial charge on any atom is 0.285 e. The average molecular weight is 228 g/mol. The molecule has 17 heavy (non-hydrogen) atoms. The molecule has 3 unspecified atom stereocenters. The number of carbonyl (C=O) groups is 1. The molecule has 2 aliphatic heterocycles. The van der Waals surface area contributed by atoms with E-state index in [1.165, 1.54) is 0 Å². The summed E-state index contributed by atoms with van der Waals surface area (Å²) in [5.41, 5.74) is 0.569. The predicted molar refractivity (Wildman–Crippen MR) is 64.6 cm³/mol. The van der Waals surface area contributed by atoms with Crippen LogP contribution in [0.4, 0.5) is 0 Å². The molecule has 0 bridgehead atoms. The molecule has 4 heteroatoms. The number of fused-ring (bicyclic) bond motifs is 3. The number of hydrogen-bond acceptors (Lipinski definition) is 3. The molecule has 0 spiro atoms. The Morgan fingerprint density at radius 3 is 3.06 bits per heavy atom. The minimum Gasteiger partial charge on any atom is -0.266 e. The second-order valence-electron chi connectivity index (χ2n) is 4.50. The van der Waals surface area contributed by atoms with Crippen molar-refractivity contribution in [3.63, 3.8) is 0 Å². The fourth-order valence-electron chi connectivity index (χ4n) is 2.50. The fourth-order valence-corrected chi connectivity index (χ4v) is 2.50. The molecule has 4 nitrogen and oxygen atoms in total. The van der Waals surface area contributed by atoms with Crippen LogP contribution in [0.25, 0.3) is 0 Å². The quantitative estimate of drug-likeness (QED) is 0.583. The molecule has 0 radical (unpaired) electrons. The average Bonchev–Trinajstić information content (AvgIpc) is 2.36. The van der Waals surface area contributed by atoms with E-state index in [0.717, 1.165) is 0 Å². The van der Waals surface area contributed by atoms with Crippen LogP contribution in [0.3, 0.4) is 0 Å². The third-order valence-corrected chi connectivity index (χ3v) is 3.46. The topological polar surface area (TPSA) is 35.9 Å². The Kier molecular flexibility index (Phi) is 2.13. The number of hydrogen-bond donors (Lipinski definition) is 0. The number of amides is 1. The number of allylic oxidation sites excluding steroid dienone is 4. The summed E-state index contributed by atoms with van der Waals surface area (Å²) in [6.07, 6.45) is 13.4. The zero-order valence-corrected chi connectivity index (χ0v) is 9.87. The van der Waals surface area contributed by atoms with Crippen LogP contribution in [0.15, 0.2) is 35.5 Å². The van der Waals surface area contributed by atoms with Gasteiger partial charge in [-0.05, 0) is 6.92 Å². The van der Waals surface area contributed by atoms with Gasteiger partial charge in [0.2, 0.25) is 0 Å². The van der Waals surface area contributed by atoms with Gasteiger partial charge in [-0.3, -0.25) is 19.8 Å². The van der Waals surface area contributed by atoms with Crippen LogP contribution in [0.5, 0.6) is 0 Å². The molecule has 2 heterocycles. The largest absolute Gasteiger partial charge is 0.285 e. The van der Waals surface area contributed by atoms with E-state index in [1.54, 1.807) is 19.0 Å². The van der Waals surface area contributed by atoms with Gasteiger partial charge >= 0.3 is 0 Å². The Morgan fingerprint density at radius 1 is 1.41 bits per heavy atom. The number of hydrazine groups is 1. The van der Waals surface area contributed by atoms with Gasteiger partial charge in [-0.2, -0.15) is 0 Å². The summed E-state index contributed by atoms with van der Waals surface area (Å²) < 4.78 is 0. The van der Waals surface area contributed by atoms with Crippen LogP contribution in [-0.4, -0.2) is 34.9 Å². The Labute approximate surface area is 101 Å². The van der Waals surface area contributed by atoms with Crippen LogP contribution in [-0.2, 0) is 4.79 Å². The van der Waals surface area contributed by atoms with Crippen molar-refractivity contribution < 1.29 is 4.79 Å². The maximum absolute atomic E-state index is 11.8. The van der Waals surface area contributed by atoms with E-state index < -0.39 is 0 Å². The lowest BCUT2D eigenvalue weighted by Gasteiger charge is -2.43. The van der Waals surface area contributed by atoms with Crippen molar-refractivity contribution in [2.75, 3.05) is 7.05 Å². The summed E-state index contributed by atoms with van der Waals surface area (Å²) in [5.74, 6) is 0.481. The molecule has 0 saturated carbocycles. The first kappa shape index (κ1) is 10.2. The summed E-state index contributed by atoms with van der Waals surface area (Å²) in [6, 6.07) is 0. The van der Waals surface area contributed by atoms with Gasteiger partial charge in [0.15, 0.2) is 18.2 Å². The van der Waals surface area contributed by atoms with Gasteiger partial charge in [-0.1, -0.05) is 6.08 Å². The van der Waals surface area contributed by atoms with Crippen LogP contribution in [0, 0.1) is 17.9 Å². The van der Waals surface area contributed by atoms with E-state index >= 15 is 0 Å². The van der Waals surface area contributed by atoms with Gasteiger partial charge in [0.25, 0.3) is 5.91 Å². The molecule has 0 saturated heterocycles. The first-order valence-corrected chi connectivity index (χ1v) is 5.73. The van der Waals surface area contributed by atoms with Crippen molar-refractivity contribution in [1.29, 1.82) is 0 Å². The van der Waals surface area contributed by atoms with E-state index in [0.29, 0.717) is 11.6 Å². The van der Waals surface area contributed by atoms with E-state index in [-0.39, 0.29) is 18.0 Å². The Bertz CT molecular complexity index is 475. The molecule has 0 aromatic heterocycles. The van der Waals surface area contributed by atoms with Crippen LogP contribution < -0.4 is 0 Å². The molecule has 0 aromatic carbocycles. The standard InChI is InChI=1S/C13H14N3O/c1-9-13(17)15(2)16-8-7-10-5-3-4-6-11(10)12(16)14-9/h3-5,7-8,10-12H,1-2H3/q+1. The highest BCUT2D eigenvalue weighted by atomic mass is 16.2. The van der Waals surface area contributed by atoms with Crippen molar-refractivity contribution in [2.24, 2.45) is 16.8 Å². The van der Waals surface area contributed by atoms with Crippen molar-refractivity contribution in [1.82, 2.24) is 10.0 Å². The van der Waals surface area contributed by atoms with Gasteiger partial charge in [-0.25, -0.2) is 0 Å². The fraction of sp³-hybridized carbons (Fsp3) is 0.385. The van der Waals surface area contributed by atoms with Crippen molar-refractivity contribution >= 4 is 11.6 Å². The number of rotatable bonds is 0. The SMILES string of the molecule is CC1=NC2C3[C+]=CC=CC3C=CN2N(C)C1=O. The van der Waals surface area contributed by atoms with Crippen LogP contribution >= 0.6 is 0 Å². The lowest BCUT2D eigenvalue weighted by atomic mass is 9.83. The number of aliphatic imine (C=N–C) groups is 1. The second-order valence-corrected chi connectivity index (χ2v) is 4.50. The van der Waals surface area contributed by atoms with E-state index in [4.69, 9.17) is 0 Å². The summed E-state index contributed by atoms with van der Waals surface area (Å²) in [5, 5.41) is 3.51. The molecular formula is C13H14N3O+. The number of nitrogens with zero attached hydrogens (tertiary/aromatic N) is 3. The third-order valence-electron chi connectivity index (χ3n) is 3.46. The predicted octanol–water partition coefficient (Wildman–Crippen LogP) is 1.15. The summed E-state index contributed by atoms with van der Waals surface area (Å²) in [6.45, 7) is 1.77. The molecule has 86 valence electrons. The van der Waals surface area contributed by atoms with E-state index in [1.807, 2.05) is 23.4 Å². The normalized spacial score (nSPS) is 34.1. The minimum atomic E-state index is -0.0473. The highest BCUT2D eigenvalue weighted by Crippen LogP contribution is 2.33. The Balaban J connectivity index is 2.03. The molecule has 3 aliphatic rings. The molecule has 3 atom stereocenters. The van der Waals surface area contributed by atoms with Crippen molar-refractivity contribution in [3.05, 3.63) is 36.6 Å². The lowest BCUT2D eigenvalue weighted by Crippen LogP contribution is -2.56. The maximum atomic E-state index is 11.8. The number of carbonyl (C=O) groups excluding carboxylic acids is 1. The van der Waals surface area contributed by atoms with Crippen molar-refractivity contribution in [3.8, 4) is 0 Å². The first-order chi connectivity index (χ1) is 8.18. The first-order valence-electron chi connectivity index (χ1n) is 5.73. The molecule has 1 aliphatic carbocycles. The molecule has 3 rings (SSSR count). The van der Waals surface area contributed by atoms with Gasteiger partial charge in [-0.15, -0.1) is 0 Å². The highest BCUT2D eigenvalue weighted by Gasteiger charge is 2.43. The molecule has 0 aromatic rings. The van der Waals surface area contributed by atoms with Gasteiger partial charge in [0, 0.05) is 19.3 Å². The van der Waals surface area contributed by atoms with Gasteiger partial charge < -0.3 is 0 Å². The smallest absolute Gasteiger partial charge is 0.266 e. The highest BCUT2D eigenvalue weighted by molar-refractivity contribution is 6.38. The minimum absolute atomic E-state index is 0.0420. The van der Waals surface area contributed by atoms with Gasteiger partial charge in [0.05, 0.1) is 18.1 Å². The zero-order chi connectivity index (χ0) is 12.0. The third kappa shape index (κ3) is 1.41. The Morgan fingerprint density at radius 2 is 2.24 bits per heavy atom. The van der Waals surface area contributed by atoms with Crippen LogP contribution in [0.2, 0.25) is 0 Å². The summed E-state index contributed by atoms with van der Waals surface area (Å²) >= 11 is 0. The monoisotopic (exact) mass is 228 g/mol. The molecule has 0 fully saturated rings. The molecule has 0 N–H and O–H groups in total. The summed E-state index contributed by atoms with van der Waals surface area (Å²) in [7, 11) is 1.78. The zero-order valence-electron chi connectivity index (χ0n) is 9.87. The van der Waals surface area contributed by atoms with E-state index in [2.05, 4.69) is 23.2 Å². The second kappa shape index (κ2) is 3.54. The Hall–Kier alpha value is -1.93. The molecule has 1 amide bonds. The molecular weight excluding hydrogens is 214 g/mol. The van der Waals surface area contributed by atoms with Gasteiger partial charge in [0.1, 0.15) is 5.71 Å². The van der Waals surface area contributed by atoms with Crippen molar-refractivity contribution in [2.45, 2.75) is 13.1 Å². The lowest BCUT2D eigenvalue weighted by molar-refractivity contribution is -0.141. The summed E-state index contributed by atoms with van der Waals surface area (Å²) in [4.78, 5) is 16.3.